The van der Waals surface area contributed by atoms with Crippen LogP contribution in [0.3, 0.4) is 0 Å². The monoisotopic (exact) mass is 402 g/mol. The summed E-state index contributed by atoms with van der Waals surface area (Å²) in [5.41, 5.74) is 2.31. The molecule has 0 saturated carbocycles. The Hall–Kier alpha value is -0.680. The number of nitrogens with zero attached hydrogens (tertiary/aromatic N) is 2. The highest BCUT2D eigenvalue weighted by molar-refractivity contribution is 9.09. The molecule has 108 valence electrons. The van der Waals surface area contributed by atoms with Crippen LogP contribution < -0.4 is 0 Å². The average Bonchev–Trinajstić information content (AvgIpc) is 2.88. The maximum atomic E-state index is 13.1. The van der Waals surface area contributed by atoms with E-state index in [1.165, 1.54) is 17.8 Å². The van der Waals surface area contributed by atoms with Crippen molar-refractivity contribution in [2.24, 2.45) is 7.05 Å². The van der Waals surface area contributed by atoms with Gasteiger partial charge in [-0.15, -0.1) is 0 Å². The van der Waals surface area contributed by atoms with E-state index < -0.39 is 0 Å². The van der Waals surface area contributed by atoms with Gasteiger partial charge in [-0.3, -0.25) is 4.68 Å². The van der Waals surface area contributed by atoms with E-state index in [9.17, 15) is 4.39 Å². The topological polar surface area (TPSA) is 17.8 Å². The first-order valence-electron chi connectivity index (χ1n) is 6.46. The smallest absolute Gasteiger partial charge is 0.123 e. The third kappa shape index (κ3) is 3.31. The maximum Gasteiger partial charge on any atom is 0.123 e. The van der Waals surface area contributed by atoms with Crippen molar-refractivity contribution in [3.05, 3.63) is 53.6 Å². The van der Waals surface area contributed by atoms with E-state index in [0.717, 1.165) is 29.1 Å². The molecule has 0 radical (unpaired) electrons. The minimum Gasteiger partial charge on any atom is -0.273 e. The first-order valence-corrected chi connectivity index (χ1v) is 8.70. The van der Waals surface area contributed by atoms with Gasteiger partial charge in [-0.25, -0.2) is 4.39 Å². The largest absolute Gasteiger partial charge is 0.273 e. The molecule has 0 aliphatic heterocycles. The molecule has 1 aromatic carbocycles. The molecule has 0 aliphatic carbocycles. The summed E-state index contributed by atoms with van der Waals surface area (Å²) in [6.45, 7) is 0. The van der Waals surface area contributed by atoms with Crippen molar-refractivity contribution in [1.82, 2.24) is 9.78 Å². The summed E-state index contributed by atoms with van der Waals surface area (Å²) in [5, 5.41) is 5.85. The van der Waals surface area contributed by atoms with Gasteiger partial charge in [-0.2, -0.15) is 5.10 Å². The first-order chi connectivity index (χ1) is 9.61. The Kier molecular flexibility index (Phi) is 5.38. The second-order valence-electron chi connectivity index (χ2n) is 5.00. The number of hydrogen-bond donors (Lipinski definition) is 0. The van der Waals surface area contributed by atoms with Crippen molar-refractivity contribution in [3.8, 4) is 0 Å². The predicted molar refractivity (Wildman–Crippen MR) is 87.2 cm³/mol. The van der Waals surface area contributed by atoms with E-state index in [1.54, 1.807) is 0 Å². The van der Waals surface area contributed by atoms with Crippen molar-refractivity contribution >= 4 is 31.9 Å². The lowest BCUT2D eigenvalue weighted by Crippen LogP contribution is -2.31. The molecule has 2 nitrogen and oxygen atoms in total. The second kappa shape index (κ2) is 6.85. The van der Waals surface area contributed by atoms with E-state index in [0.29, 0.717) is 0 Å². The third-order valence-corrected chi connectivity index (χ3v) is 5.90. The molecule has 0 N–H and O–H groups in total. The van der Waals surface area contributed by atoms with Gasteiger partial charge in [-0.05, 0) is 36.6 Å². The fraction of sp³-hybridized carbons (Fsp3) is 0.400. The van der Waals surface area contributed by atoms with Gasteiger partial charge in [0.05, 0.1) is 0 Å². The summed E-state index contributed by atoms with van der Waals surface area (Å²) in [5.74, 6) is -0.196. The number of aryl methyl sites for hydroxylation is 2. The summed E-state index contributed by atoms with van der Waals surface area (Å²) in [4.78, 5) is 0. The second-order valence-corrected chi connectivity index (χ2v) is 6.12. The molecular weight excluding hydrogens is 387 g/mol. The van der Waals surface area contributed by atoms with E-state index in [1.807, 2.05) is 36.1 Å². The normalized spacial score (nSPS) is 11.8. The molecule has 0 amide bonds. The molecule has 0 aliphatic rings. The Labute approximate surface area is 135 Å². The molecule has 5 heteroatoms. The molecule has 0 bridgehead atoms. The van der Waals surface area contributed by atoms with Crippen LogP contribution in [0.5, 0.6) is 0 Å². The van der Waals surface area contributed by atoms with Gasteiger partial charge in [0, 0.05) is 35.0 Å². The zero-order valence-corrected chi connectivity index (χ0v) is 14.5. The zero-order valence-electron chi connectivity index (χ0n) is 11.3. The third-order valence-electron chi connectivity index (χ3n) is 3.75. The van der Waals surface area contributed by atoms with Crippen LogP contribution >= 0.6 is 31.9 Å². The van der Waals surface area contributed by atoms with E-state index in [-0.39, 0.29) is 11.2 Å². The Bertz CT molecular complexity index is 547. The zero-order chi connectivity index (χ0) is 14.6. The summed E-state index contributed by atoms with van der Waals surface area (Å²) in [7, 11) is 1.96. The highest BCUT2D eigenvalue weighted by Crippen LogP contribution is 2.33. The Morgan fingerprint density at radius 1 is 1.15 bits per heavy atom. The average molecular weight is 404 g/mol. The fourth-order valence-corrected chi connectivity index (χ4v) is 4.42. The number of alkyl halides is 2. The van der Waals surface area contributed by atoms with Crippen molar-refractivity contribution in [2.45, 2.75) is 18.3 Å². The van der Waals surface area contributed by atoms with Gasteiger partial charge in [-0.1, -0.05) is 44.0 Å². The standard InChI is InChI=1S/C15H17Br2FN2/c1-20-14(7-9-19-20)6-8-15(10-16,11-17)12-2-4-13(18)5-3-12/h2-5,7,9H,6,8,10-11H2,1H3. The number of benzene rings is 1. The van der Waals surface area contributed by atoms with Crippen LogP contribution in [-0.4, -0.2) is 20.4 Å². The summed E-state index contributed by atoms with van der Waals surface area (Å²) < 4.78 is 15.0. The summed E-state index contributed by atoms with van der Waals surface area (Å²) in [6, 6.07) is 8.85. The van der Waals surface area contributed by atoms with Crippen LogP contribution in [0.2, 0.25) is 0 Å². The fourth-order valence-electron chi connectivity index (χ4n) is 2.29. The minimum atomic E-state index is -0.196. The highest BCUT2D eigenvalue weighted by atomic mass is 79.9. The molecule has 0 fully saturated rings. The minimum absolute atomic E-state index is 0.0437. The summed E-state index contributed by atoms with van der Waals surface area (Å²) >= 11 is 7.25. The molecule has 1 heterocycles. The van der Waals surface area contributed by atoms with Gasteiger partial charge >= 0.3 is 0 Å². The van der Waals surface area contributed by atoms with Gasteiger partial charge < -0.3 is 0 Å². The van der Waals surface area contributed by atoms with Crippen LogP contribution in [-0.2, 0) is 18.9 Å². The molecule has 0 saturated heterocycles. The van der Waals surface area contributed by atoms with Gasteiger partial charge in [0.15, 0.2) is 0 Å². The van der Waals surface area contributed by atoms with Crippen LogP contribution in [0.1, 0.15) is 17.7 Å². The van der Waals surface area contributed by atoms with E-state index in [2.05, 4.69) is 37.0 Å². The van der Waals surface area contributed by atoms with E-state index in [4.69, 9.17) is 0 Å². The molecular formula is C15H17Br2FN2. The maximum absolute atomic E-state index is 13.1. The Balaban J connectivity index is 2.21. The number of rotatable bonds is 6. The van der Waals surface area contributed by atoms with Gasteiger partial charge in [0.2, 0.25) is 0 Å². The van der Waals surface area contributed by atoms with Crippen LogP contribution in [0.25, 0.3) is 0 Å². The van der Waals surface area contributed by atoms with E-state index >= 15 is 0 Å². The molecule has 0 atom stereocenters. The van der Waals surface area contributed by atoms with Crippen LogP contribution in [0.4, 0.5) is 4.39 Å². The SMILES string of the molecule is Cn1nccc1CCC(CBr)(CBr)c1ccc(F)cc1. The Morgan fingerprint density at radius 2 is 1.80 bits per heavy atom. The number of halogens is 3. The van der Waals surface area contributed by atoms with Crippen molar-refractivity contribution < 1.29 is 4.39 Å². The molecule has 2 aromatic rings. The van der Waals surface area contributed by atoms with Crippen molar-refractivity contribution in [1.29, 1.82) is 0 Å². The number of hydrogen-bond acceptors (Lipinski definition) is 1. The lowest BCUT2D eigenvalue weighted by Gasteiger charge is -2.31. The van der Waals surface area contributed by atoms with Crippen LogP contribution in [0, 0.1) is 5.82 Å². The predicted octanol–water partition coefficient (Wildman–Crippen LogP) is 4.22. The first kappa shape index (κ1) is 15.7. The number of aromatic nitrogens is 2. The van der Waals surface area contributed by atoms with Gasteiger partial charge in [0.1, 0.15) is 5.82 Å². The lowest BCUT2D eigenvalue weighted by molar-refractivity contribution is 0.492. The molecule has 20 heavy (non-hydrogen) atoms. The summed E-state index contributed by atoms with van der Waals surface area (Å²) in [6.07, 6.45) is 3.72. The van der Waals surface area contributed by atoms with Crippen LogP contribution in [0.15, 0.2) is 36.5 Å². The van der Waals surface area contributed by atoms with Crippen molar-refractivity contribution in [3.63, 3.8) is 0 Å². The Morgan fingerprint density at radius 3 is 2.30 bits per heavy atom. The lowest BCUT2D eigenvalue weighted by atomic mass is 9.80. The molecule has 2 rings (SSSR count). The van der Waals surface area contributed by atoms with Gasteiger partial charge in [0.25, 0.3) is 0 Å². The highest BCUT2D eigenvalue weighted by Gasteiger charge is 2.30. The van der Waals surface area contributed by atoms with Crippen molar-refractivity contribution in [2.75, 3.05) is 10.7 Å². The molecule has 0 unspecified atom stereocenters. The molecule has 1 aromatic heterocycles. The molecule has 0 spiro atoms. The quantitative estimate of drug-likeness (QED) is 0.660.